The number of aromatic nitrogens is 1. The Morgan fingerprint density at radius 1 is 0.913 bits per heavy atom. The molecule has 114 valence electrons. The predicted molar refractivity (Wildman–Crippen MR) is 95.0 cm³/mol. The summed E-state index contributed by atoms with van der Waals surface area (Å²) >= 11 is 5.22. The maximum atomic E-state index is 11.9. The first-order chi connectivity index (χ1) is 11.2. The minimum Gasteiger partial charge on any atom is -0.331 e. The zero-order valence-electron chi connectivity index (χ0n) is 12.1. The lowest BCUT2D eigenvalue weighted by molar-refractivity contribution is 0.0944. The van der Waals surface area contributed by atoms with Crippen LogP contribution in [-0.4, -0.2) is 16.0 Å². The number of carbonyl (C=O) groups excluding carboxylic acids is 1. The average molecular weight is 322 g/mol. The fraction of sp³-hybridized carbons (Fsp3) is 0. The summed E-state index contributed by atoms with van der Waals surface area (Å²) in [6.45, 7) is 0. The standard InChI is InChI=1S/C17H14N4OS/c22-16(13-8-10-18-11-9-13)20-21-17(23)19-15-7-3-5-12-4-1-2-6-14(12)15/h1-11H,(H,20,22)(H2,19,21,23). The van der Waals surface area contributed by atoms with Crippen LogP contribution < -0.4 is 16.2 Å². The third-order valence-corrected chi connectivity index (χ3v) is 3.47. The van der Waals surface area contributed by atoms with Crippen LogP contribution in [0.1, 0.15) is 10.4 Å². The lowest BCUT2D eigenvalue weighted by Crippen LogP contribution is -2.43. The van der Waals surface area contributed by atoms with E-state index in [9.17, 15) is 4.79 Å². The van der Waals surface area contributed by atoms with E-state index >= 15 is 0 Å². The molecular weight excluding hydrogens is 308 g/mol. The molecule has 3 N–H and O–H groups in total. The molecule has 0 saturated carbocycles. The minimum absolute atomic E-state index is 0.283. The molecule has 2 aromatic carbocycles. The fourth-order valence-electron chi connectivity index (χ4n) is 2.18. The highest BCUT2D eigenvalue weighted by atomic mass is 32.1. The molecule has 0 bridgehead atoms. The lowest BCUT2D eigenvalue weighted by atomic mass is 10.1. The van der Waals surface area contributed by atoms with Crippen molar-refractivity contribution in [1.29, 1.82) is 0 Å². The van der Waals surface area contributed by atoms with Gasteiger partial charge in [0.25, 0.3) is 5.91 Å². The summed E-state index contributed by atoms with van der Waals surface area (Å²) in [6, 6.07) is 17.1. The Kier molecular flexibility index (Phi) is 4.44. The predicted octanol–water partition coefficient (Wildman–Crippen LogP) is 2.87. The van der Waals surface area contributed by atoms with Crippen LogP contribution in [0.3, 0.4) is 0 Å². The third-order valence-electron chi connectivity index (χ3n) is 3.27. The van der Waals surface area contributed by atoms with E-state index < -0.39 is 0 Å². The molecule has 1 aromatic heterocycles. The molecule has 0 aliphatic rings. The van der Waals surface area contributed by atoms with Crippen molar-refractivity contribution in [2.24, 2.45) is 0 Å². The van der Waals surface area contributed by atoms with Crippen molar-refractivity contribution in [2.45, 2.75) is 0 Å². The molecule has 3 aromatic rings. The van der Waals surface area contributed by atoms with Crippen molar-refractivity contribution in [3.05, 3.63) is 72.6 Å². The summed E-state index contributed by atoms with van der Waals surface area (Å²) < 4.78 is 0. The van der Waals surface area contributed by atoms with Crippen molar-refractivity contribution in [3.63, 3.8) is 0 Å². The number of hydrazine groups is 1. The third kappa shape index (κ3) is 3.61. The molecule has 3 rings (SSSR count). The Hall–Kier alpha value is -2.99. The minimum atomic E-state index is -0.283. The number of hydrogen-bond acceptors (Lipinski definition) is 3. The van der Waals surface area contributed by atoms with Crippen molar-refractivity contribution < 1.29 is 4.79 Å². The van der Waals surface area contributed by atoms with Gasteiger partial charge < -0.3 is 5.32 Å². The topological polar surface area (TPSA) is 66.1 Å². The van der Waals surface area contributed by atoms with Gasteiger partial charge in [0.1, 0.15) is 0 Å². The molecule has 0 aliphatic carbocycles. The van der Waals surface area contributed by atoms with Gasteiger partial charge in [0.2, 0.25) is 0 Å². The molecule has 0 aliphatic heterocycles. The summed E-state index contributed by atoms with van der Waals surface area (Å²) in [7, 11) is 0. The zero-order valence-corrected chi connectivity index (χ0v) is 12.9. The van der Waals surface area contributed by atoms with Gasteiger partial charge in [0.15, 0.2) is 5.11 Å². The van der Waals surface area contributed by atoms with E-state index in [0.29, 0.717) is 10.7 Å². The number of benzene rings is 2. The molecule has 0 atom stereocenters. The Bertz CT molecular complexity index is 846. The second kappa shape index (κ2) is 6.85. The van der Waals surface area contributed by atoms with Crippen molar-refractivity contribution >= 4 is 39.7 Å². The van der Waals surface area contributed by atoms with Crippen molar-refractivity contribution in [3.8, 4) is 0 Å². The van der Waals surface area contributed by atoms with E-state index in [1.807, 2.05) is 42.5 Å². The second-order valence-electron chi connectivity index (χ2n) is 4.80. The number of hydrogen-bond donors (Lipinski definition) is 3. The van der Waals surface area contributed by atoms with E-state index in [4.69, 9.17) is 12.2 Å². The number of anilines is 1. The van der Waals surface area contributed by atoms with Crippen LogP contribution in [-0.2, 0) is 0 Å². The normalized spacial score (nSPS) is 10.1. The second-order valence-corrected chi connectivity index (χ2v) is 5.20. The van der Waals surface area contributed by atoms with E-state index in [-0.39, 0.29) is 5.91 Å². The number of nitrogens with zero attached hydrogens (tertiary/aromatic N) is 1. The average Bonchev–Trinajstić information content (AvgIpc) is 2.61. The highest BCUT2D eigenvalue weighted by Gasteiger charge is 2.06. The van der Waals surface area contributed by atoms with Crippen molar-refractivity contribution in [2.75, 3.05) is 5.32 Å². The number of amides is 1. The van der Waals surface area contributed by atoms with E-state index in [0.717, 1.165) is 16.5 Å². The molecule has 1 amide bonds. The SMILES string of the molecule is O=C(NNC(=S)Nc1cccc2ccccc12)c1ccncc1. The van der Waals surface area contributed by atoms with Crippen LogP contribution in [0.15, 0.2) is 67.0 Å². The maximum Gasteiger partial charge on any atom is 0.269 e. The van der Waals surface area contributed by atoms with E-state index in [1.54, 1.807) is 24.5 Å². The fourth-order valence-corrected chi connectivity index (χ4v) is 2.34. The van der Waals surface area contributed by atoms with Gasteiger partial charge in [-0.05, 0) is 35.8 Å². The van der Waals surface area contributed by atoms with E-state index in [2.05, 4.69) is 21.2 Å². The highest BCUT2D eigenvalue weighted by molar-refractivity contribution is 7.80. The van der Waals surface area contributed by atoms with Crippen LogP contribution >= 0.6 is 12.2 Å². The summed E-state index contributed by atoms with van der Waals surface area (Å²) in [5.74, 6) is -0.283. The van der Waals surface area contributed by atoms with Gasteiger partial charge in [-0.1, -0.05) is 36.4 Å². The molecule has 0 radical (unpaired) electrons. The summed E-state index contributed by atoms with van der Waals surface area (Å²) in [6.07, 6.45) is 3.11. The molecule has 23 heavy (non-hydrogen) atoms. The van der Waals surface area contributed by atoms with Gasteiger partial charge in [-0.2, -0.15) is 0 Å². The Labute approximate surface area is 138 Å². The van der Waals surface area contributed by atoms with Gasteiger partial charge in [-0.15, -0.1) is 0 Å². The molecule has 5 nitrogen and oxygen atoms in total. The number of fused-ring (bicyclic) bond motifs is 1. The zero-order chi connectivity index (χ0) is 16.1. The monoisotopic (exact) mass is 322 g/mol. The highest BCUT2D eigenvalue weighted by Crippen LogP contribution is 2.22. The Morgan fingerprint density at radius 2 is 1.65 bits per heavy atom. The van der Waals surface area contributed by atoms with Gasteiger partial charge in [0.05, 0.1) is 0 Å². The summed E-state index contributed by atoms with van der Waals surface area (Å²) in [5, 5.41) is 5.56. The summed E-state index contributed by atoms with van der Waals surface area (Å²) in [4.78, 5) is 15.8. The Morgan fingerprint density at radius 3 is 2.48 bits per heavy atom. The van der Waals surface area contributed by atoms with Gasteiger partial charge in [-0.3, -0.25) is 20.6 Å². The lowest BCUT2D eigenvalue weighted by Gasteiger charge is -2.13. The Balaban J connectivity index is 1.64. The maximum absolute atomic E-state index is 11.9. The smallest absolute Gasteiger partial charge is 0.269 e. The van der Waals surface area contributed by atoms with Crippen LogP contribution in [0.4, 0.5) is 5.69 Å². The first-order valence-corrected chi connectivity index (χ1v) is 7.40. The quantitative estimate of drug-likeness (QED) is 0.500. The van der Waals surface area contributed by atoms with Gasteiger partial charge >= 0.3 is 0 Å². The molecular formula is C17H14N4OS. The van der Waals surface area contributed by atoms with Crippen LogP contribution in [0.25, 0.3) is 10.8 Å². The number of thiocarbonyl (C=S) groups is 1. The molecule has 1 heterocycles. The molecule has 0 unspecified atom stereocenters. The molecule has 0 fully saturated rings. The van der Waals surface area contributed by atoms with Crippen LogP contribution in [0.5, 0.6) is 0 Å². The van der Waals surface area contributed by atoms with Crippen molar-refractivity contribution in [1.82, 2.24) is 15.8 Å². The van der Waals surface area contributed by atoms with Crippen LogP contribution in [0.2, 0.25) is 0 Å². The van der Waals surface area contributed by atoms with Gasteiger partial charge in [-0.25, -0.2) is 0 Å². The van der Waals surface area contributed by atoms with Crippen LogP contribution in [0, 0.1) is 0 Å². The first-order valence-electron chi connectivity index (χ1n) is 6.99. The van der Waals surface area contributed by atoms with E-state index in [1.165, 1.54) is 0 Å². The van der Waals surface area contributed by atoms with Gasteiger partial charge in [0, 0.05) is 29.0 Å². The molecule has 0 saturated heterocycles. The number of pyridine rings is 1. The number of nitrogens with one attached hydrogen (secondary N) is 3. The molecule has 0 spiro atoms. The molecule has 6 heteroatoms. The number of rotatable bonds is 2. The largest absolute Gasteiger partial charge is 0.331 e. The first kappa shape index (κ1) is 14.9. The summed E-state index contributed by atoms with van der Waals surface area (Å²) in [5.41, 5.74) is 6.62. The number of carbonyl (C=O) groups is 1.